The lowest BCUT2D eigenvalue weighted by Crippen LogP contribution is -1.99. The topological polar surface area (TPSA) is 90.6 Å². The van der Waals surface area contributed by atoms with Gasteiger partial charge in [-0.15, -0.1) is 0 Å². The zero-order chi connectivity index (χ0) is 34.0. The highest BCUT2D eigenvalue weighted by Gasteiger charge is 2.30. The molecule has 1 heterocycles. The lowest BCUT2D eigenvalue weighted by Gasteiger charge is -2.23. The lowest BCUT2D eigenvalue weighted by molar-refractivity contribution is 0.356. The van der Waals surface area contributed by atoms with E-state index in [1.807, 2.05) is 60.7 Å². The Hall–Kier alpha value is -6.35. The first-order chi connectivity index (χ1) is 24.0. The average Bonchev–Trinajstić information content (AvgIpc) is 3.59. The smallest absolute Gasteiger partial charge is 0.227 e. The van der Waals surface area contributed by atoms with Crippen LogP contribution in [0.4, 0.5) is 0 Å². The number of oxazole rings is 1. The quantitative estimate of drug-likeness (QED) is 0.0813. The fourth-order valence-corrected chi connectivity index (χ4v) is 7.13. The highest BCUT2D eigenvalue weighted by atomic mass is 16.5. The van der Waals surface area contributed by atoms with E-state index < -0.39 is 0 Å². The third-order valence-electron chi connectivity index (χ3n) is 9.07. The van der Waals surface area contributed by atoms with Crippen molar-refractivity contribution in [3.63, 3.8) is 0 Å². The second-order valence-corrected chi connectivity index (χ2v) is 11.3. The van der Waals surface area contributed by atoms with Gasteiger partial charge in [0.25, 0.3) is 0 Å². The van der Waals surface area contributed by atoms with E-state index in [9.17, 15) is 0 Å². The first kappa shape index (κ1) is 30.0. The van der Waals surface area contributed by atoms with Gasteiger partial charge in [0.1, 0.15) is 5.52 Å². The largest absolute Gasteiger partial charge is 0.493 e. The van der Waals surface area contributed by atoms with Crippen molar-refractivity contribution in [2.24, 2.45) is 0 Å². The number of ether oxygens (including phenoxy) is 7. The van der Waals surface area contributed by atoms with E-state index in [-0.39, 0.29) is 0 Å². The maximum Gasteiger partial charge on any atom is 0.227 e. The molecule has 8 aromatic rings. The summed E-state index contributed by atoms with van der Waals surface area (Å²) in [5.41, 5.74) is 1.95. The molecule has 0 spiro atoms. The first-order valence-corrected chi connectivity index (χ1v) is 15.4. The minimum atomic E-state index is 0.455. The van der Waals surface area contributed by atoms with Gasteiger partial charge in [0, 0.05) is 32.5 Å². The van der Waals surface area contributed by atoms with Crippen molar-refractivity contribution in [2.75, 3.05) is 35.5 Å². The minimum absolute atomic E-state index is 0.455. The Morgan fingerprint density at radius 1 is 0.531 bits per heavy atom. The molecule has 49 heavy (non-hydrogen) atoms. The number of rotatable bonds is 10. The molecule has 0 bridgehead atoms. The summed E-state index contributed by atoms with van der Waals surface area (Å²) in [7, 11) is 8.07. The molecule has 0 unspecified atom stereocenters. The summed E-state index contributed by atoms with van der Waals surface area (Å²) in [6.07, 6.45) is 2.77. The molecule has 9 heteroatoms. The third kappa shape index (κ3) is 4.15. The van der Waals surface area contributed by atoms with Crippen LogP contribution in [0.5, 0.6) is 40.2 Å². The molecular weight excluding hydrogens is 622 g/mol. The molecule has 0 N–H and O–H groups in total. The van der Waals surface area contributed by atoms with Crippen LogP contribution in [0.15, 0.2) is 90.8 Å². The molecule has 8 rings (SSSR count). The zero-order valence-corrected chi connectivity index (χ0v) is 27.6. The summed E-state index contributed by atoms with van der Waals surface area (Å²) in [5, 5.41) is 8.38. The molecule has 0 radical (unpaired) electrons. The summed E-state index contributed by atoms with van der Waals surface area (Å²) < 4.78 is 48.4. The molecule has 0 atom stereocenters. The number of nitrogens with zero attached hydrogens (tertiary/aromatic N) is 1. The molecule has 0 saturated heterocycles. The van der Waals surface area contributed by atoms with E-state index in [1.54, 1.807) is 35.5 Å². The van der Waals surface area contributed by atoms with Crippen LogP contribution in [0.3, 0.4) is 0 Å². The van der Waals surface area contributed by atoms with E-state index >= 15 is 0 Å². The van der Waals surface area contributed by atoms with Crippen LogP contribution in [-0.2, 0) is 0 Å². The molecule has 0 aliphatic carbocycles. The predicted octanol–water partition coefficient (Wildman–Crippen LogP) is 9.79. The molecule has 0 fully saturated rings. The Kier molecular flexibility index (Phi) is 6.99. The van der Waals surface area contributed by atoms with Gasteiger partial charge >= 0.3 is 0 Å². The molecule has 0 amide bonds. The molecule has 0 aliphatic heterocycles. The van der Waals surface area contributed by atoms with Crippen molar-refractivity contribution in [3.05, 3.63) is 86.3 Å². The van der Waals surface area contributed by atoms with Gasteiger partial charge in [-0.3, -0.25) is 0 Å². The fourth-order valence-electron chi connectivity index (χ4n) is 7.13. The Labute approximate surface area is 280 Å². The van der Waals surface area contributed by atoms with Gasteiger partial charge in [-0.1, -0.05) is 31.4 Å². The van der Waals surface area contributed by atoms with Gasteiger partial charge in [-0.05, 0) is 69.4 Å². The van der Waals surface area contributed by atoms with Crippen LogP contribution in [0.25, 0.3) is 76.4 Å². The summed E-state index contributed by atoms with van der Waals surface area (Å²) >= 11 is 0. The Balaban J connectivity index is 1.77. The number of fused-ring (bicyclic) bond motifs is 8. The monoisotopic (exact) mass is 653 g/mol. The van der Waals surface area contributed by atoms with Crippen LogP contribution in [0.2, 0.25) is 0 Å². The van der Waals surface area contributed by atoms with Crippen LogP contribution in [-0.4, -0.2) is 40.5 Å². The van der Waals surface area contributed by atoms with Crippen molar-refractivity contribution < 1.29 is 37.6 Å². The van der Waals surface area contributed by atoms with Crippen molar-refractivity contribution in [1.82, 2.24) is 4.98 Å². The summed E-state index contributed by atoms with van der Waals surface area (Å²) in [6.45, 7) is 7.66. The molecule has 1 aromatic heterocycles. The molecule has 9 nitrogen and oxygen atoms in total. The molecule has 7 aromatic carbocycles. The lowest BCUT2D eigenvalue weighted by atomic mass is 9.84. The minimum Gasteiger partial charge on any atom is -0.493 e. The molecule has 0 saturated carbocycles. The molecular formula is C40H31NO8. The maximum absolute atomic E-state index is 6.62. The zero-order valence-electron chi connectivity index (χ0n) is 27.6. The van der Waals surface area contributed by atoms with Crippen molar-refractivity contribution in [2.45, 2.75) is 0 Å². The Morgan fingerprint density at radius 3 is 1.65 bits per heavy atom. The molecule has 244 valence electrons. The summed E-state index contributed by atoms with van der Waals surface area (Å²) in [5.74, 6) is 4.08. The summed E-state index contributed by atoms with van der Waals surface area (Å²) in [6, 6.07) is 19.5. The SMILES string of the molecule is C=COc1cc2c(cc1OC)c1c3nc(-c4ccccc4)oc3c(OC)c3c4cc(OC)c(OC)cc4c4c(OC=C)c(OC)cc2c4c31. The van der Waals surface area contributed by atoms with Gasteiger partial charge in [-0.25, -0.2) is 4.98 Å². The van der Waals surface area contributed by atoms with E-state index in [2.05, 4.69) is 13.2 Å². The van der Waals surface area contributed by atoms with Gasteiger partial charge < -0.3 is 37.6 Å². The van der Waals surface area contributed by atoms with Crippen molar-refractivity contribution >= 4 is 65.0 Å². The first-order valence-electron chi connectivity index (χ1n) is 15.4. The predicted molar refractivity (Wildman–Crippen MR) is 193 cm³/mol. The second kappa shape index (κ2) is 11.4. The normalized spacial score (nSPS) is 11.5. The average molecular weight is 654 g/mol. The highest BCUT2D eigenvalue weighted by Crippen LogP contribution is 2.57. The van der Waals surface area contributed by atoms with Crippen LogP contribution in [0, 0.1) is 0 Å². The van der Waals surface area contributed by atoms with Crippen molar-refractivity contribution in [1.29, 1.82) is 0 Å². The Morgan fingerprint density at radius 2 is 1.06 bits per heavy atom. The van der Waals surface area contributed by atoms with Crippen LogP contribution in [0.1, 0.15) is 0 Å². The number of hydrogen-bond donors (Lipinski definition) is 0. The van der Waals surface area contributed by atoms with Crippen molar-refractivity contribution in [3.8, 4) is 51.7 Å². The van der Waals surface area contributed by atoms with Gasteiger partial charge in [0.15, 0.2) is 45.8 Å². The van der Waals surface area contributed by atoms with Crippen LogP contribution >= 0.6 is 0 Å². The van der Waals surface area contributed by atoms with Gasteiger partial charge in [0.2, 0.25) is 5.89 Å². The summed E-state index contributed by atoms with van der Waals surface area (Å²) in [4.78, 5) is 5.14. The van der Waals surface area contributed by atoms with E-state index in [0.29, 0.717) is 57.2 Å². The Bertz CT molecular complexity index is 2620. The molecule has 0 aliphatic rings. The maximum atomic E-state index is 6.62. The van der Waals surface area contributed by atoms with E-state index in [0.717, 1.165) is 59.4 Å². The number of hydrogen-bond acceptors (Lipinski definition) is 9. The van der Waals surface area contributed by atoms with Crippen LogP contribution < -0.4 is 33.2 Å². The third-order valence-corrected chi connectivity index (χ3v) is 9.07. The number of benzene rings is 7. The second-order valence-electron chi connectivity index (χ2n) is 11.3. The van der Waals surface area contributed by atoms with E-state index in [1.165, 1.54) is 12.5 Å². The number of aromatic nitrogens is 1. The van der Waals surface area contributed by atoms with Gasteiger partial charge in [0.05, 0.1) is 48.1 Å². The fraction of sp³-hybridized carbons (Fsp3) is 0.125. The van der Waals surface area contributed by atoms with Gasteiger partial charge in [-0.2, -0.15) is 0 Å². The highest BCUT2D eigenvalue weighted by molar-refractivity contribution is 6.45. The van der Waals surface area contributed by atoms with E-state index in [4.69, 9.17) is 42.6 Å². The number of methoxy groups -OCH3 is 5. The standard InChI is InChI=1S/C40H31NO8/c1-8-47-29-15-21-22-19-30(45-6)37(48-9-2)33-24-17-26(42-3)27(43-4)18-25(24)34-35(31(22)33)32(23(21)16-28(29)44-5)36-39(38(34)46-7)49-40(41-36)20-13-11-10-12-14-20/h8-19H,1-2H2,3-7H3.